The molecule has 2 nitrogen and oxygen atoms in total. The van der Waals surface area contributed by atoms with Crippen molar-refractivity contribution in [1.29, 1.82) is 0 Å². The summed E-state index contributed by atoms with van der Waals surface area (Å²) in [6.45, 7) is 0.679. The van der Waals surface area contributed by atoms with Crippen molar-refractivity contribution in [3.8, 4) is 0 Å². The predicted molar refractivity (Wildman–Crippen MR) is 86.8 cm³/mol. The van der Waals surface area contributed by atoms with Crippen molar-refractivity contribution in [2.45, 2.75) is 44.6 Å². The zero-order valence-corrected chi connectivity index (χ0v) is 13.5. The Balaban J connectivity index is 2.02. The minimum atomic E-state index is 0.357. The van der Waals surface area contributed by atoms with Crippen LogP contribution < -0.4 is 11.1 Å². The van der Waals surface area contributed by atoms with Gasteiger partial charge >= 0.3 is 0 Å². The van der Waals surface area contributed by atoms with E-state index in [0.29, 0.717) is 18.5 Å². The van der Waals surface area contributed by atoms with Gasteiger partial charge in [-0.15, -0.1) is 0 Å². The van der Waals surface area contributed by atoms with E-state index < -0.39 is 0 Å². The third-order valence-electron chi connectivity index (χ3n) is 3.99. The number of benzene rings is 1. The molecule has 0 aliphatic heterocycles. The molecule has 3 N–H and O–H groups in total. The summed E-state index contributed by atoms with van der Waals surface area (Å²) >= 11 is 9.55. The van der Waals surface area contributed by atoms with Crippen LogP contribution >= 0.6 is 27.5 Å². The molecule has 1 atom stereocenters. The van der Waals surface area contributed by atoms with E-state index in [2.05, 4.69) is 27.3 Å². The first-order chi connectivity index (χ1) is 9.20. The van der Waals surface area contributed by atoms with Crippen molar-refractivity contribution in [3.05, 3.63) is 27.7 Å². The molecule has 2 rings (SSSR count). The lowest BCUT2D eigenvalue weighted by Gasteiger charge is -2.27. The molecule has 0 spiro atoms. The highest BCUT2D eigenvalue weighted by atomic mass is 79.9. The fourth-order valence-electron chi connectivity index (χ4n) is 2.88. The van der Waals surface area contributed by atoms with Gasteiger partial charge < -0.3 is 11.1 Å². The molecule has 1 aromatic rings. The number of rotatable bonds is 4. The maximum absolute atomic E-state index is 6.13. The van der Waals surface area contributed by atoms with Gasteiger partial charge in [-0.05, 0) is 52.9 Å². The first kappa shape index (κ1) is 15.1. The monoisotopic (exact) mass is 344 g/mol. The Labute approximate surface area is 129 Å². The van der Waals surface area contributed by atoms with Crippen molar-refractivity contribution >= 4 is 33.2 Å². The fourth-order valence-corrected chi connectivity index (χ4v) is 3.31. The van der Waals surface area contributed by atoms with Crippen LogP contribution in [0.4, 0.5) is 5.69 Å². The van der Waals surface area contributed by atoms with Crippen molar-refractivity contribution in [1.82, 2.24) is 0 Å². The molecular formula is C15H22BrClN2. The summed E-state index contributed by atoms with van der Waals surface area (Å²) in [5.41, 5.74) is 7.03. The van der Waals surface area contributed by atoms with Crippen molar-refractivity contribution in [2.24, 2.45) is 11.7 Å². The van der Waals surface area contributed by atoms with E-state index in [1.807, 2.05) is 12.1 Å². The summed E-state index contributed by atoms with van der Waals surface area (Å²) in [5.74, 6) is 0.690. The lowest BCUT2D eigenvalue weighted by atomic mass is 9.91. The van der Waals surface area contributed by atoms with E-state index in [4.69, 9.17) is 17.3 Å². The van der Waals surface area contributed by atoms with Gasteiger partial charge in [0, 0.05) is 22.7 Å². The topological polar surface area (TPSA) is 38.0 Å². The normalized spacial score (nSPS) is 18.9. The number of anilines is 1. The Morgan fingerprint density at radius 1 is 1.26 bits per heavy atom. The Morgan fingerprint density at radius 2 is 1.95 bits per heavy atom. The number of halogens is 2. The first-order valence-electron chi connectivity index (χ1n) is 7.12. The van der Waals surface area contributed by atoms with Crippen LogP contribution in [0.5, 0.6) is 0 Å². The second-order valence-electron chi connectivity index (χ2n) is 5.37. The van der Waals surface area contributed by atoms with Crippen LogP contribution in [-0.4, -0.2) is 12.6 Å². The molecule has 19 heavy (non-hydrogen) atoms. The van der Waals surface area contributed by atoms with E-state index in [1.165, 1.54) is 38.5 Å². The standard InChI is InChI=1S/C15H22BrClN2/c16-13-8-7-12(9-14(13)17)19-15(10-18)11-5-3-1-2-4-6-11/h7-9,11,15,19H,1-6,10,18H2. The summed E-state index contributed by atoms with van der Waals surface area (Å²) in [7, 11) is 0. The Kier molecular flexibility index (Phi) is 5.99. The van der Waals surface area contributed by atoms with E-state index >= 15 is 0 Å². The lowest BCUT2D eigenvalue weighted by Crippen LogP contribution is -2.36. The summed E-state index contributed by atoms with van der Waals surface area (Å²) in [5, 5.41) is 4.30. The van der Waals surface area contributed by atoms with Crippen LogP contribution in [0.3, 0.4) is 0 Å². The second kappa shape index (κ2) is 7.51. The molecule has 1 aliphatic carbocycles. The quantitative estimate of drug-likeness (QED) is 0.768. The SMILES string of the molecule is NCC(Nc1ccc(Br)c(Cl)c1)C1CCCCCC1. The van der Waals surface area contributed by atoms with Gasteiger partial charge in [-0.1, -0.05) is 37.3 Å². The average Bonchev–Trinajstić information content (AvgIpc) is 2.69. The van der Waals surface area contributed by atoms with Crippen LogP contribution in [0.25, 0.3) is 0 Å². The Bertz CT molecular complexity index is 403. The van der Waals surface area contributed by atoms with E-state index in [0.717, 1.165) is 15.2 Å². The molecule has 0 amide bonds. The smallest absolute Gasteiger partial charge is 0.0568 e. The van der Waals surface area contributed by atoms with Gasteiger partial charge in [-0.25, -0.2) is 0 Å². The van der Waals surface area contributed by atoms with Crippen molar-refractivity contribution in [2.75, 3.05) is 11.9 Å². The van der Waals surface area contributed by atoms with Gasteiger partial charge in [0.2, 0.25) is 0 Å². The van der Waals surface area contributed by atoms with E-state index in [-0.39, 0.29) is 0 Å². The predicted octanol–water partition coefficient (Wildman–Crippen LogP) is 4.81. The highest BCUT2D eigenvalue weighted by Gasteiger charge is 2.21. The molecule has 1 aliphatic rings. The minimum Gasteiger partial charge on any atom is -0.381 e. The minimum absolute atomic E-state index is 0.357. The van der Waals surface area contributed by atoms with Gasteiger partial charge in [0.25, 0.3) is 0 Å². The van der Waals surface area contributed by atoms with Gasteiger partial charge in [-0.2, -0.15) is 0 Å². The largest absolute Gasteiger partial charge is 0.381 e. The maximum Gasteiger partial charge on any atom is 0.0568 e. The number of nitrogens with two attached hydrogens (primary N) is 1. The summed E-state index contributed by atoms with van der Waals surface area (Å²) < 4.78 is 0.929. The second-order valence-corrected chi connectivity index (χ2v) is 6.63. The zero-order chi connectivity index (χ0) is 13.7. The molecule has 0 radical (unpaired) electrons. The van der Waals surface area contributed by atoms with Gasteiger partial charge in [0.1, 0.15) is 0 Å². The third-order valence-corrected chi connectivity index (χ3v) is 5.23. The molecule has 1 aromatic carbocycles. The number of hydrogen-bond acceptors (Lipinski definition) is 2. The Hall–Kier alpha value is -0.250. The van der Waals surface area contributed by atoms with E-state index in [1.54, 1.807) is 0 Å². The van der Waals surface area contributed by atoms with Crippen LogP contribution in [0, 0.1) is 5.92 Å². The number of hydrogen-bond donors (Lipinski definition) is 2. The molecule has 4 heteroatoms. The highest BCUT2D eigenvalue weighted by molar-refractivity contribution is 9.10. The molecule has 106 valence electrons. The number of nitrogens with one attached hydrogen (secondary N) is 1. The van der Waals surface area contributed by atoms with Crippen LogP contribution in [0.15, 0.2) is 22.7 Å². The van der Waals surface area contributed by atoms with Crippen LogP contribution in [0.1, 0.15) is 38.5 Å². The van der Waals surface area contributed by atoms with Crippen molar-refractivity contribution in [3.63, 3.8) is 0 Å². The van der Waals surface area contributed by atoms with Gasteiger partial charge in [0.15, 0.2) is 0 Å². The maximum atomic E-state index is 6.13. The van der Waals surface area contributed by atoms with Crippen LogP contribution in [-0.2, 0) is 0 Å². The average molecular weight is 346 g/mol. The van der Waals surface area contributed by atoms with Gasteiger partial charge in [0.05, 0.1) is 5.02 Å². The molecule has 0 bridgehead atoms. The molecule has 1 unspecified atom stereocenters. The molecule has 0 saturated heterocycles. The summed E-state index contributed by atoms with van der Waals surface area (Å²) in [6, 6.07) is 6.35. The fraction of sp³-hybridized carbons (Fsp3) is 0.600. The van der Waals surface area contributed by atoms with E-state index in [9.17, 15) is 0 Å². The molecular weight excluding hydrogens is 324 g/mol. The third kappa shape index (κ3) is 4.37. The first-order valence-corrected chi connectivity index (χ1v) is 8.29. The molecule has 0 heterocycles. The van der Waals surface area contributed by atoms with Crippen molar-refractivity contribution < 1.29 is 0 Å². The molecule has 1 saturated carbocycles. The summed E-state index contributed by atoms with van der Waals surface area (Å²) in [6.07, 6.45) is 8.00. The molecule has 1 fully saturated rings. The molecule has 0 aromatic heterocycles. The summed E-state index contributed by atoms with van der Waals surface area (Å²) in [4.78, 5) is 0. The van der Waals surface area contributed by atoms with Gasteiger partial charge in [-0.3, -0.25) is 0 Å². The Morgan fingerprint density at radius 3 is 2.53 bits per heavy atom. The highest BCUT2D eigenvalue weighted by Crippen LogP contribution is 2.29. The zero-order valence-electron chi connectivity index (χ0n) is 11.2. The lowest BCUT2D eigenvalue weighted by molar-refractivity contribution is 0.398. The van der Waals surface area contributed by atoms with Crippen LogP contribution in [0.2, 0.25) is 5.02 Å².